The summed E-state index contributed by atoms with van der Waals surface area (Å²) in [5.41, 5.74) is 8.65. The van der Waals surface area contributed by atoms with Crippen LogP contribution in [0.1, 0.15) is 0 Å². The van der Waals surface area contributed by atoms with E-state index in [0.29, 0.717) is 0 Å². The van der Waals surface area contributed by atoms with Gasteiger partial charge in [-0.15, -0.1) is 0 Å². The second-order valence-corrected chi connectivity index (χ2v) is 8.84. The van der Waals surface area contributed by atoms with Crippen LogP contribution in [0.25, 0.3) is 44.5 Å². The predicted octanol–water partition coefficient (Wildman–Crippen LogP) is 5.11. The maximum absolute atomic E-state index is 4.62. The van der Waals surface area contributed by atoms with Gasteiger partial charge in [0.15, 0.2) is 5.65 Å². The first kappa shape index (κ1) is 20.6. The van der Waals surface area contributed by atoms with Crippen molar-refractivity contribution in [2.45, 2.75) is 0 Å². The Morgan fingerprint density at radius 2 is 1.32 bits per heavy atom. The molecule has 0 amide bonds. The van der Waals surface area contributed by atoms with E-state index < -0.39 is 0 Å². The third-order valence-corrected chi connectivity index (χ3v) is 6.67. The van der Waals surface area contributed by atoms with Crippen LogP contribution in [0, 0.1) is 0 Å². The molecule has 0 aliphatic carbocycles. The number of hydrogen-bond donors (Lipinski definition) is 1. The SMILES string of the molecule is CN1CCN(c2ccc(-c3cnc4n[nH]c(-c5ccc(-c6ccncc6)cc5)c4c3)cc2)CC1. The average molecular weight is 447 g/mol. The molecule has 0 saturated carbocycles. The lowest BCUT2D eigenvalue weighted by Gasteiger charge is -2.34. The summed E-state index contributed by atoms with van der Waals surface area (Å²) in [6, 6.07) is 23.6. The normalized spacial score (nSPS) is 14.6. The summed E-state index contributed by atoms with van der Waals surface area (Å²) < 4.78 is 0. The van der Waals surface area contributed by atoms with Crippen LogP contribution in [-0.2, 0) is 0 Å². The monoisotopic (exact) mass is 446 g/mol. The number of rotatable bonds is 4. The van der Waals surface area contributed by atoms with Gasteiger partial charge in [-0.05, 0) is 54.1 Å². The lowest BCUT2D eigenvalue weighted by atomic mass is 10.0. The molecule has 1 saturated heterocycles. The number of aromatic amines is 1. The Morgan fingerprint density at radius 1 is 0.706 bits per heavy atom. The molecule has 1 aliphatic heterocycles. The number of H-pyrrole nitrogens is 1. The number of pyridine rings is 2. The first-order valence-electron chi connectivity index (χ1n) is 11.6. The molecule has 6 rings (SSSR count). The van der Waals surface area contributed by atoms with Crippen molar-refractivity contribution >= 4 is 16.7 Å². The molecule has 168 valence electrons. The second kappa shape index (κ2) is 8.72. The van der Waals surface area contributed by atoms with Gasteiger partial charge in [0.1, 0.15) is 0 Å². The molecule has 0 spiro atoms. The van der Waals surface area contributed by atoms with Crippen LogP contribution >= 0.6 is 0 Å². The Morgan fingerprint density at radius 3 is 2.06 bits per heavy atom. The zero-order valence-corrected chi connectivity index (χ0v) is 19.1. The Kier molecular flexibility index (Phi) is 5.28. The summed E-state index contributed by atoms with van der Waals surface area (Å²) in [7, 11) is 2.18. The van der Waals surface area contributed by atoms with Crippen LogP contribution < -0.4 is 4.90 Å². The Bertz CT molecular complexity index is 1400. The van der Waals surface area contributed by atoms with Gasteiger partial charge in [-0.1, -0.05) is 36.4 Å². The molecule has 0 radical (unpaired) electrons. The zero-order chi connectivity index (χ0) is 22.9. The van der Waals surface area contributed by atoms with Gasteiger partial charge < -0.3 is 9.80 Å². The third-order valence-electron chi connectivity index (χ3n) is 6.67. The number of benzene rings is 2. The summed E-state index contributed by atoms with van der Waals surface area (Å²) in [5, 5.41) is 8.65. The average Bonchev–Trinajstić information content (AvgIpc) is 3.33. The van der Waals surface area contributed by atoms with Gasteiger partial charge >= 0.3 is 0 Å². The number of hydrogen-bond acceptors (Lipinski definition) is 5. The number of fused-ring (bicyclic) bond motifs is 1. The van der Waals surface area contributed by atoms with E-state index in [-0.39, 0.29) is 0 Å². The summed E-state index contributed by atoms with van der Waals surface area (Å²) in [4.78, 5) is 13.6. The summed E-state index contributed by atoms with van der Waals surface area (Å²) in [6.07, 6.45) is 5.54. The molecule has 3 aromatic heterocycles. The van der Waals surface area contributed by atoms with E-state index in [2.05, 4.69) is 91.6 Å². The molecule has 6 heteroatoms. The van der Waals surface area contributed by atoms with Crippen molar-refractivity contribution in [1.82, 2.24) is 25.1 Å². The predicted molar refractivity (Wildman–Crippen MR) is 138 cm³/mol. The molecule has 6 nitrogen and oxygen atoms in total. The minimum Gasteiger partial charge on any atom is -0.369 e. The van der Waals surface area contributed by atoms with Gasteiger partial charge in [-0.2, -0.15) is 5.10 Å². The largest absolute Gasteiger partial charge is 0.369 e. The maximum Gasteiger partial charge on any atom is 0.181 e. The van der Waals surface area contributed by atoms with Crippen molar-refractivity contribution in [2.75, 3.05) is 38.1 Å². The molecule has 5 aromatic rings. The van der Waals surface area contributed by atoms with E-state index in [4.69, 9.17) is 0 Å². The fourth-order valence-electron chi connectivity index (χ4n) is 4.58. The van der Waals surface area contributed by atoms with E-state index in [1.807, 2.05) is 30.7 Å². The minimum absolute atomic E-state index is 0.728. The zero-order valence-electron chi connectivity index (χ0n) is 19.1. The number of anilines is 1. The lowest BCUT2D eigenvalue weighted by molar-refractivity contribution is 0.313. The molecule has 34 heavy (non-hydrogen) atoms. The molecule has 0 atom stereocenters. The fraction of sp³-hybridized carbons (Fsp3) is 0.179. The van der Waals surface area contributed by atoms with E-state index in [1.165, 1.54) is 5.69 Å². The van der Waals surface area contributed by atoms with E-state index in [0.717, 1.165) is 70.7 Å². The number of likely N-dealkylation sites (N-methyl/N-ethyl adjacent to an activating group) is 1. The maximum atomic E-state index is 4.62. The van der Waals surface area contributed by atoms with E-state index >= 15 is 0 Å². The minimum atomic E-state index is 0.728. The summed E-state index contributed by atoms with van der Waals surface area (Å²) >= 11 is 0. The molecule has 1 fully saturated rings. The highest BCUT2D eigenvalue weighted by Crippen LogP contribution is 2.31. The van der Waals surface area contributed by atoms with Crippen LogP contribution in [0.15, 0.2) is 85.3 Å². The molecule has 0 unspecified atom stereocenters. The number of nitrogens with one attached hydrogen (secondary N) is 1. The highest BCUT2D eigenvalue weighted by atomic mass is 15.2. The van der Waals surface area contributed by atoms with Crippen LogP contribution in [0.3, 0.4) is 0 Å². The topological polar surface area (TPSA) is 60.9 Å². The Labute approximate surface area is 198 Å². The van der Waals surface area contributed by atoms with Crippen LogP contribution in [0.5, 0.6) is 0 Å². The molecule has 2 aromatic carbocycles. The Balaban J connectivity index is 1.28. The highest BCUT2D eigenvalue weighted by Gasteiger charge is 2.15. The molecule has 1 N–H and O–H groups in total. The van der Waals surface area contributed by atoms with Gasteiger partial charge in [-0.3, -0.25) is 10.1 Å². The van der Waals surface area contributed by atoms with Crippen LogP contribution in [0.2, 0.25) is 0 Å². The van der Waals surface area contributed by atoms with Gasteiger partial charge in [0.05, 0.1) is 5.69 Å². The van der Waals surface area contributed by atoms with Crippen molar-refractivity contribution in [3.8, 4) is 33.5 Å². The first-order valence-corrected chi connectivity index (χ1v) is 11.6. The smallest absolute Gasteiger partial charge is 0.181 e. The fourth-order valence-corrected chi connectivity index (χ4v) is 4.58. The van der Waals surface area contributed by atoms with Crippen LogP contribution in [-0.4, -0.2) is 58.3 Å². The number of aromatic nitrogens is 4. The second-order valence-electron chi connectivity index (χ2n) is 8.84. The van der Waals surface area contributed by atoms with Gasteiger partial charge in [0, 0.05) is 67.0 Å². The van der Waals surface area contributed by atoms with Gasteiger partial charge in [-0.25, -0.2) is 4.98 Å². The first-order chi connectivity index (χ1) is 16.7. The number of nitrogens with zero attached hydrogens (tertiary/aromatic N) is 5. The standard InChI is InChI=1S/C28H26N6/c1-33-14-16-34(17-15-33)25-8-6-21(7-9-25)24-18-26-27(31-32-28(26)30-19-24)23-4-2-20(3-5-23)22-10-12-29-13-11-22/h2-13,18-19H,14-17H2,1H3,(H,30,31,32). The summed E-state index contributed by atoms with van der Waals surface area (Å²) in [5.74, 6) is 0. The van der Waals surface area contributed by atoms with Gasteiger partial charge in [0.25, 0.3) is 0 Å². The quantitative estimate of drug-likeness (QED) is 0.416. The molecular formula is C28H26N6. The lowest BCUT2D eigenvalue weighted by Crippen LogP contribution is -2.44. The van der Waals surface area contributed by atoms with Crippen molar-refractivity contribution < 1.29 is 0 Å². The molecular weight excluding hydrogens is 420 g/mol. The van der Waals surface area contributed by atoms with Gasteiger partial charge in [0.2, 0.25) is 0 Å². The van der Waals surface area contributed by atoms with Crippen molar-refractivity contribution in [2.24, 2.45) is 0 Å². The highest BCUT2D eigenvalue weighted by molar-refractivity contribution is 5.93. The van der Waals surface area contributed by atoms with E-state index in [1.54, 1.807) is 0 Å². The molecule has 4 heterocycles. The molecule has 1 aliphatic rings. The van der Waals surface area contributed by atoms with Crippen LogP contribution in [0.4, 0.5) is 5.69 Å². The van der Waals surface area contributed by atoms with Crippen molar-refractivity contribution in [1.29, 1.82) is 0 Å². The van der Waals surface area contributed by atoms with Crippen molar-refractivity contribution in [3.05, 3.63) is 85.3 Å². The van der Waals surface area contributed by atoms with Crippen molar-refractivity contribution in [3.63, 3.8) is 0 Å². The third kappa shape index (κ3) is 3.93. The Hall–Kier alpha value is -4.03. The number of piperazine rings is 1. The summed E-state index contributed by atoms with van der Waals surface area (Å²) in [6.45, 7) is 4.35. The van der Waals surface area contributed by atoms with E-state index in [9.17, 15) is 0 Å². The molecule has 0 bridgehead atoms.